The summed E-state index contributed by atoms with van der Waals surface area (Å²) in [7, 11) is -4.07. The monoisotopic (exact) mass is 495 g/mol. The van der Waals surface area contributed by atoms with Crippen molar-refractivity contribution < 1.29 is 27.4 Å². The van der Waals surface area contributed by atoms with Gasteiger partial charge in [-0.05, 0) is 47.5 Å². The molecule has 0 aliphatic rings. The number of sulfonamides is 1. The summed E-state index contributed by atoms with van der Waals surface area (Å²) in [5.41, 5.74) is 2.94. The second-order valence-electron chi connectivity index (χ2n) is 7.72. The summed E-state index contributed by atoms with van der Waals surface area (Å²) in [4.78, 5) is 10.6. The smallest absolute Gasteiger partial charge is 0.341 e. The Labute approximate surface area is 201 Å². The molecule has 0 aliphatic heterocycles. The summed E-state index contributed by atoms with van der Waals surface area (Å²) < 4.78 is 47.3. The van der Waals surface area contributed by atoms with Crippen LogP contribution < -0.4 is 4.74 Å². The zero-order chi connectivity index (χ0) is 24.8. The molecule has 1 heterocycles. The molecule has 2 N–H and O–H groups in total. The van der Waals surface area contributed by atoms with E-state index in [4.69, 9.17) is 9.84 Å². The molecule has 0 saturated heterocycles. The molecular weight excluding hydrogens is 473 g/mol. The number of carbonyl (C=O) groups is 1. The molecule has 0 radical (unpaired) electrons. The number of benzene rings is 3. The highest BCUT2D eigenvalue weighted by molar-refractivity contribution is 7.89. The summed E-state index contributed by atoms with van der Waals surface area (Å²) in [5.74, 6) is -1.47. The van der Waals surface area contributed by atoms with E-state index in [-0.39, 0.29) is 18.0 Å². The first-order valence-corrected chi connectivity index (χ1v) is 12.0. The van der Waals surface area contributed by atoms with Gasteiger partial charge in [0, 0.05) is 24.8 Å². The minimum Gasteiger partial charge on any atom is -0.482 e. The molecule has 180 valence electrons. The fourth-order valence-electron chi connectivity index (χ4n) is 3.49. The van der Waals surface area contributed by atoms with Crippen molar-refractivity contribution in [3.63, 3.8) is 0 Å². The molecular formula is C25H22FN3O5S. The third-order valence-electron chi connectivity index (χ3n) is 5.16. The lowest BCUT2D eigenvalue weighted by Gasteiger charge is -2.23. The number of aromatic nitrogens is 2. The van der Waals surface area contributed by atoms with E-state index < -0.39 is 28.4 Å². The van der Waals surface area contributed by atoms with Crippen LogP contribution in [0.4, 0.5) is 4.39 Å². The number of nitrogens with zero attached hydrogens (tertiary/aromatic N) is 2. The van der Waals surface area contributed by atoms with Gasteiger partial charge in [0.05, 0.1) is 10.6 Å². The van der Waals surface area contributed by atoms with Crippen LogP contribution in [0.5, 0.6) is 5.75 Å². The Morgan fingerprint density at radius 3 is 2.40 bits per heavy atom. The molecule has 35 heavy (non-hydrogen) atoms. The molecule has 0 aliphatic carbocycles. The SMILES string of the molecule is O=C(O)COc1cccc(CN(Cc2ccc(-c3cc[nH]n3)cc2)S(=O)(=O)c2cccc(F)c2)c1. The van der Waals surface area contributed by atoms with Crippen molar-refractivity contribution >= 4 is 16.0 Å². The summed E-state index contributed by atoms with van der Waals surface area (Å²) in [6.07, 6.45) is 1.71. The highest BCUT2D eigenvalue weighted by atomic mass is 32.2. The quantitative estimate of drug-likeness (QED) is 0.343. The van der Waals surface area contributed by atoms with E-state index in [1.54, 1.807) is 30.5 Å². The molecule has 0 atom stereocenters. The van der Waals surface area contributed by atoms with Gasteiger partial charge in [-0.15, -0.1) is 0 Å². The third kappa shape index (κ3) is 6.11. The Morgan fingerprint density at radius 1 is 0.971 bits per heavy atom. The van der Waals surface area contributed by atoms with E-state index in [0.717, 1.165) is 22.9 Å². The highest BCUT2D eigenvalue weighted by Gasteiger charge is 2.25. The van der Waals surface area contributed by atoms with E-state index in [0.29, 0.717) is 11.3 Å². The Kier molecular flexibility index (Phi) is 7.23. The summed E-state index contributed by atoms with van der Waals surface area (Å²) >= 11 is 0. The Bertz CT molecular complexity index is 1410. The van der Waals surface area contributed by atoms with E-state index in [2.05, 4.69) is 10.2 Å². The predicted octanol–water partition coefficient (Wildman–Crippen LogP) is 4.07. The second kappa shape index (κ2) is 10.5. The standard InChI is InChI=1S/C25H22FN3O5S/c26-21-4-2-6-23(14-21)35(32,33)29(16-19-3-1-5-22(13-19)34-17-25(30)31)15-18-7-9-20(10-8-18)24-11-12-27-28-24/h1-14H,15-17H2,(H,27,28)(H,30,31). The summed E-state index contributed by atoms with van der Waals surface area (Å²) in [5, 5.41) is 15.7. The minimum atomic E-state index is -4.07. The fourth-order valence-corrected chi connectivity index (χ4v) is 4.94. The van der Waals surface area contributed by atoms with Gasteiger partial charge in [0.25, 0.3) is 0 Å². The molecule has 0 fully saturated rings. The van der Waals surface area contributed by atoms with Crippen LogP contribution in [0.1, 0.15) is 11.1 Å². The first-order valence-electron chi connectivity index (χ1n) is 10.6. The molecule has 10 heteroatoms. The maximum Gasteiger partial charge on any atom is 0.341 e. The van der Waals surface area contributed by atoms with Crippen molar-refractivity contribution in [3.05, 3.63) is 102 Å². The van der Waals surface area contributed by atoms with Crippen LogP contribution in [0.15, 0.2) is 90.0 Å². The van der Waals surface area contributed by atoms with Gasteiger partial charge in [0.1, 0.15) is 11.6 Å². The molecule has 8 nitrogen and oxygen atoms in total. The van der Waals surface area contributed by atoms with Gasteiger partial charge >= 0.3 is 5.97 Å². The van der Waals surface area contributed by atoms with Crippen LogP contribution >= 0.6 is 0 Å². The number of nitrogens with one attached hydrogen (secondary N) is 1. The molecule has 0 amide bonds. The van der Waals surface area contributed by atoms with Gasteiger partial charge in [-0.2, -0.15) is 9.40 Å². The van der Waals surface area contributed by atoms with Crippen LogP contribution in [0.3, 0.4) is 0 Å². The normalized spacial score (nSPS) is 11.5. The molecule has 1 aromatic heterocycles. The van der Waals surface area contributed by atoms with Gasteiger partial charge in [0.15, 0.2) is 6.61 Å². The topological polar surface area (TPSA) is 113 Å². The third-order valence-corrected chi connectivity index (χ3v) is 6.95. The number of aliphatic carboxylic acids is 1. The number of hydrogen-bond donors (Lipinski definition) is 2. The number of H-pyrrole nitrogens is 1. The Morgan fingerprint density at radius 2 is 1.71 bits per heavy atom. The molecule has 4 rings (SSSR count). The zero-order valence-corrected chi connectivity index (χ0v) is 19.3. The lowest BCUT2D eigenvalue weighted by Crippen LogP contribution is -2.30. The molecule has 0 saturated carbocycles. The van der Waals surface area contributed by atoms with Gasteiger partial charge in [-0.3, -0.25) is 5.10 Å². The summed E-state index contributed by atoms with van der Waals surface area (Å²) in [6, 6.07) is 20.5. The maximum absolute atomic E-state index is 13.8. The number of hydrogen-bond acceptors (Lipinski definition) is 5. The van der Waals surface area contributed by atoms with E-state index >= 15 is 0 Å². The molecule has 0 unspecified atom stereocenters. The van der Waals surface area contributed by atoms with E-state index in [9.17, 15) is 17.6 Å². The summed E-state index contributed by atoms with van der Waals surface area (Å²) in [6.45, 7) is -0.527. The molecule has 3 aromatic carbocycles. The van der Waals surface area contributed by atoms with Crippen molar-refractivity contribution in [2.24, 2.45) is 0 Å². The van der Waals surface area contributed by atoms with Crippen LogP contribution in [-0.4, -0.2) is 40.6 Å². The maximum atomic E-state index is 13.8. The highest BCUT2D eigenvalue weighted by Crippen LogP contribution is 2.25. The van der Waals surface area contributed by atoms with E-state index in [1.807, 2.05) is 30.3 Å². The number of rotatable bonds is 10. The van der Waals surface area contributed by atoms with E-state index in [1.165, 1.54) is 22.5 Å². The Hall–Kier alpha value is -4.02. The Balaban J connectivity index is 1.63. The van der Waals surface area contributed by atoms with Crippen molar-refractivity contribution in [1.82, 2.24) is 14.5 Å². The number of carboxylic acid groups (broad SMARTS) is 1. The van der Waals surface area contributed by atoms with Crippen LogP contribution in [-0.2, 0) is 27.9 Å². The van der Waals surface area contributed by atoms with Crippen molar-refractivity contribution in [3.8, 4) is 17.0 Å². The van der Waals surface area contributed by atoms with Gasteiger partial charge < -0.3 is 9.84 Å². The minimum absolute atomic E-state index is 0.0277. The fraction of sp³-hybridized carbons (Fsp3) is 0.120. The number of halogens is 1. The average molecular weight is 496 g/mol. The van der Waals surface area contributed by atoms with Crippen LogP contribution in [0, 0.1) is 5.82 Å². The molecule has 0 spiro atoms. The first-order chi connectivity index (χ1) is 16.8. The lowest BCUT2D eigenvalue weighted by atomic mass is 10.1. The van der Waals surface area contributed by atoms with Crippen LogP contribution in [0.2, 0.25) is 0 Å². The van der Waals surface area contributed by atoms with Gasteiger partial charge in [-0.1, -0.05) is 42.5 Å². The molecule has 4 aromatic rings. The average Bonchev–Trinajstić information content (AvgIpc) is 3.38. The molecule has 0 bridgehead atoms. The number of ether oxygens (including phenoxy) is 1. The first kappa shape index (κ1) is 24.1. The number of carboxylic acids is 1. The second-order valence-corrected chi connectivity index (χ2v) is 9.65. The van der Waals surface area contributed by atoms with Crippen molar-refractivity contribution in [1.29, 1.82) is 0 Å². The lowest BCUT2D eigenvalue weighted by molar-refractivity contribution is -0.139. The van der Waals surface area contributed by atoms with Crippen LogP contribution in [0.25, 0.3) is 11.3 Å². The predicted molar refractivity (Wildman–Crippen MR) is 126 cm³/mol. The van der Waals surface area contributed by atoms with Gasteiger partial charge in [-0.25, -0.2) is 17.6 Å². The number of aromatic amines is 1. The van der Waals surface area contributed by atoms with Crippen molar-refractivity contribution in [2.45, 2.75) is 18.0 Å². The largest absolute Gasteiger partial charge is 0.482 e. The zero-order valence-electron chi connectivity index (χ0n) is 18.5. The van der Waals surface area contributed by atoms with Crippen molar-refractivity contribution in [2.75, 3.05) is 6.61 Å². The van der Waals surface area contributed by atoms with Gasteiger partial charge in [0.2, 0.25) is 10.0 Å².